The SMILES string of the molecule is Fc1ccc(Nc2ncnc3c2cnn3C2CCNCC2)c(Cl)c1. The number of nitrogens with one attached hydrogen (secondary N) is 2. The van der Waals surface area contributed by atoms with Crippen LogP contribution in [0.25, 0.3) is 11.0 Å². The van der Waals surface area contributed by atoms with Crippen molar-refractivity contribution < 1.29 is 4.39 Å². The summed E-state index contributed by atoms with van der Waals surface area (Å²) in [7, 11) is 0. The lowest BCUT2D eigenvalue weighted by Crippen LogP contribution is -2.29. The smallest absolute Gasteiger partial charge is 0.163 e. The second-order valence-corrected chi connectivity index (χ2v) is 6.19. The van der Waals surface area contributed by atoms with E-state index in [0.29, 0.717) is 22.6 Å². The molecule has 4 rings (SSSR count). The second kappa shape index (κ2) is 6.33. The fourth-order valence-corrected chi connectivity index (χ4v) is 3.21. The van der Waals surface area contributed by atoms with Crippen molar-refractivity contribution in [2.24, 2.45) is 0 Å². The summed E-state index contributed by atoms with van der Waals surface area (Å²) in [5, 5.41) is 12.1. The second-order valence-electron chi connectivity index (χ2n) is 5.78. The molecule has 3 heterocycles. The molecule has 2 aromatic heterocycles. The Bertz CT molecular complexity index is 874. The summed E-state index contributed by atoms with van der Waals surface area (Å²) in [6.45, 7) is 1.96. The molecule has 0 bridgehead atoms. The molecular weight excluding hydrogens is 331 g/mol. The normalized spacial score (nSPS) is 15.8. The monoisotopic (exact) mass is 346 g/mol. The van der Waals surface area contributed by atoms with Gasteiger partial charge >= 0.3 is 0 Å². The van der Waals surface area contributed by atoms with Gasteiger partial charge in [-0.05, 0) is 44.1 Å². The third-order valence-corrected chi connectivity index (χ3v) is 4.54. The Morgan fingerprint density at radius 2 is 2.08 bits per heavy atom. The van der Waals surface area contributed by atoms with Gasteiger partial charge in [0.15, 0.2) is 5.65 Å². The molecule has 124 valence electrons. The van der Waals surface area contributed by atoms with Crippen LogP contribution in [0, 0.1) is 5.82 Å². The van der Waals surface area contributed by atoms with Crippen LogP contribution in [0.15, 0.2) is 30.7 Å². The first kappa shape index (κ1) is 15.3. The maximum absolute atomic E-state index is 13.2. The van der Waals surface area contributed by atoms with Crippen molar-refractivity contribution in [1.82, 2.24) is 25.1 Å². The topological polar surface area (TPSA) is 67.7 Å². The Morgan fingerprint density at radius 1 is 1.25 bits per heavy atom. The largest absolute Gasteiger partial charge is 0.338 e. The van der Waals surface area contributed by atoms with E-state index in [9.17, 15) is 4.39 Å². The van der Waals surface area contributed by atoms with Crippen LogP contribution in [0.1, 0.15) is 18.9 Å². The van der Waals surface area contributed by atoms with E-state index in [2.05, 4.69) is 25.7 Å². The first-order chi connectivity index (χ1) is 11.7. The van der Waals surface area contributed by atoms with E-state index in [1.54, 1.807) is 12.3 Å². The Morgan fingerprint density at radius 3 is 2.88 bits per heavy atom. The lowest BCUT2D eigenvalue weighted by Gasteiger charge is -2.23. The van der Waals surface area contributed by atoms with Crippen molar-refractivity contribution in [1.29, 1.82) is 0 Å². The maximum atomic E-state index is 13.2. The number of hydrogen-bond donors (Lipinski definition) is 2. The van der Waals surface area contributed by atoms with E-state index in [1.807, 2.05) is 4.68 Å². The van der Waals surface area contributed by atoms with Gasteiger partial charge in [-0.2, -0.15) is 5.10 Å². The highest BCUT2D eigenvalue weighted by Crippen LogP contribution is 2.30. The van der Waals surface area contributed by atoms with Gasteiger partial charge < -0.3 is 10.6 Å². The molecule has 6 nitrogen and oxygen atoms in total. The van der Waals surface area contributed by atoms with Gasteiger partial charge in [-0.1, -0.05) is 11.6 Å². The molecule has 1 saturated heterocycles. The summed E-state index contributed by atoms with van der Waals surface area (Å²) in [6.07, 6.45) is 5.30. The zero-order valence-electron chi connectivity index (χ0n) is 12.8. The molecule has 3 aromatic rings. The molecule has 1 aliphatic rings. The lowest BCUT2D eigenvalue weighted by atomic mass is 10.1. The Kier molecular flexibility index (Phi) is 4.03. The highest BCUT2D eigenvalue weighted by Gasteiger charge is 2.20. The highest BCUT2D eigenvalue weighted by atomic mass is 35.5. The van der Waals surface area contributed by atoms with Crippen LogP contribution in [0.2, 0.25) is 5.02 Å². The average molecular weight is 347 g/mol. The number of piperidine rings is 1. The molecule has 1 fully saturated rings. The molecular formula is C16H16ClFN6. The standard InChI is InChI=1S/C16H16ClFN6/c17-13-7-10(18)1-2-14(13)23-15-12-8-22-24(16(12)21-9-20-15)11-3-5-19-6-4-11/h1-2,7-9,11,19H,3-6H2,(H,20,21,23). The predicted octanol–water partition coefficient (Wildman–Crippen LogP) is 3.29. The van der Waals surface area contributed by atoms with Crippen LogP contribution < -0.4 is 10.6 Å². The van der Waals surface area contributed by atoms with E-state index >= 15 is 0 Å². The minimum absolute atomic E-state index is 0.299. The summed E-state index contributed by atoms with van der Waals surface area (Å²) in [5.41, 5.74) is 1.38. The Hall–Kier alpha value is -2.25. The number of aromatic nitrogens is 4. The van der Waals surface area contributed by atoms with Crippen LogP contribution in [0.3, 0.4) is 0 Å². The molecule has 8 heteroatoms. The molecule has 1 aromatic carbocycles. The van der Waals surface area contributed by atoms with Crippen LogP contribution in [-0.2, 0) is 0 Å². The van der Waals surface area contributed by atoms with Crippen molar-refractivity contribution >= 4 is 34.1 Å². The van der Waals surface area contributed by atoms with Crippen molar-refractivity contribution in [3.8, 4) is 0 Å². The highest BCUT2D eigenvalue weighted by molar-refractivity contribution is 6.33. The fourth-order valence-electron chi connectivity index (χ4n) is 3.00. The van der Waals surface area contributed by atoms with Crippen LogP contribution >= 0.6 is 11.6 Å². The number of hydrogen-bond acceptors (Lipinski definition) is 5. The molecule has 0 atom stereocenters. The zero-order valence-corrected chi connectivity index (χ0v) is 13.6. The summed E-state index contributed by atoms with van der Waals surface area (Å²) < 4.78 is 15.2. The van der Waals surface area contributed by atoms with Crippen molar-refractivity contribution in [2.45, 2.75) is 18.9 Å². The number of anilines is 2. The van der Waals surface area contributed by atoms with Crippen LogP contribution in [0.5, 0.6) is 0 Å². The summed E-state index contributed by atoms with van der Waals surface area (Å²) in [5.74, 6) is 0.228. The van der Waals surface area contributed by atoms with E-state index in [-0.39, 0.29) is 5.82 Å². The van der Waals surface area contributed by atoms with Gasteiger partial charge in [0.25, 0.3) is 0 Å². The van der Waals surface area contributed by atoms with Gasteiger partial charge in [-0.15, -0.1) is 0 Å². The summed E-state index contributed by atoms with van der Waals surface area (Å²) in [6, 6.07) is 4.54. The average Bonchev–Trinajstić information content (AvgIpc) is 3.03. The van der Waals surface area contributed by atoms with Crippen LogP contribution in [-0.4, -0.2) is 32.8 Å². The zero-order chi connectivity index (χ0) is 16.5. The van der Waals surface area contributed by atoms with Crippen LogP contribution in [0.4, 0.5) is 15.9 Å². The third-order valence-electron chi connectivity index (χ3n) is 4.23. The quantitative estimate of drug-likeness (QED) is 0.761. The number of nitrogens with zero attached hydrogens (tertiary/aromatic N) is 4. The van der Waals surface area contributed by atoms with Crippen molar-refractivity contribution in [3.63, 3.8) is 0 Å². The van der Waals surface area contributed by atoms with E-state index in [4.69, 9.17) is 11.6 Å². The summed E-state index contributed by atoms with van der Waals surface area (Å²) in [4.78, 5) is 8.68. The third kappa shape index (κ3) is 2.81. The molecule has 0 radical (unpaired) electrons. The fraction of sp³-hybridized carbons (Fsp3) is 0.312. The number of fused-ring (bicyclic) bond motifs is 1. The predicted molar refractivity (Wildman–Crippen MR) is 91.2 cm³/mol. The Labute approximate surface area is 143 Å². The molecule has 0 amide bonds. The van der Waals surface area contributed by atoms with Gasteiger partial charge in [-0.3, -0.25) is 0 Å². The van der Waals surface area contributed by atoms with Gasteiger partial charge in [0.2, 0.25) is 0 Å². The molecule has 24 heavy (non-hydrogen) atoms. The number of halogens is 2. The summed E-state index contributed by atoms with van der Waals surface area (Å²) >= 11 is 6.08. The molecule has 0 saturated carbocycles. The number of rotatable bonds is 3. The van der Waals surface area contributed by atoms with Gasteiger partial charge in [-0.25, -0.2) is 19.0 Å². The van der Waals surface area contributed by atoms with Gasteiger partial charge in [0.05, 0.1) is 28.3 Å². The Balaban J connectivity index is 1.70. The maximum Gasteiger partial charge on any atom is 0.163 e. The van der Waals surface area contributed by atoms with Crippen molar-refractivity contribution in [2.75, 3.05) is 18.4 Å². The van der Waals surface area contributed by atoms with Crippen molar-refractivity contribution in [3.05, 3.63) is 41.6 Å². The first-order valence-corrected chi connectivity index (χ1v) is 8.21. The van der Waals surface area contributed by atoms with E-state index < -0.39 is 0 Å². The van der Waals surface area contributed by atoms with Gasteiger partial charge in [0.1, 0.15) is 18.0 Å². The number of benzene rings is 1. The van der Waals surface area contributed by atoms with E-state index in [1.165, 1.54) is 18.5 Å². The first-order valence-electron chi connectivity index (χ1n) is 7.83. The molecule has 2 N–H and O–H groups in total. The molecule has 1 aliphatic heterocycles. The molecule has 0 unspecified atom stereocenters. The molecule has 0 spiro atoms. The van der Waals surface area contributed by atoms with E-state index in [0.717, 1.165) is 37.0 Å². The van der Waals surface area contributed by atoms with Gasteiger partial charge in [0, 0.05) is 0 Å². The molecule has 0 aliphatic carbocycles. The minimum Gasteiger partial charge on any atom is -0.338 e. The lowest BCUT2D eigenvalue weighted by molar-refractivity contribution is 0.349. The minimum atomic E-state index is -0.378.